The third-order valence-electron chi connectivity index (χ3n) is 3.21. The Balaban J connectivity index is 2.14. The monoisotopic (exact) mass is 264 g/mol. The van der Waals surface area contributed by atoms with Crippen molar-refractivity contribution in [3.63, 3.8) is 0 Å². The number of likely N-dealkylation sites (tertiary alicyclic amines) is 1. The summed E-state index contributed by atoms with van der Waals surface area (Å²) in [4.78, 5) is 36.4. The molecule has 1 fully saturated rings. The second kappa shape index (κ2) is 4.79. The van der Waals surface area contributed by atoms with Gasteiger partial charge in [-0.25, -0.2) is 4.39 Å². The summed E-state index contributed by atoms with van der Waals surface area (Å²) < 4.78 is 12.7. The molecule has 1 N–H and O–H groups in total. The third-order valence-corrected chi connectivity index (χ3v) is 3.21. The first-order chi connectivity index (χ1) is 8.91. The van der Waals surface area contributed by atoms with Crippen LogP contribution in [0, 0.1) is 17.7 Å². The molecule has 1 aromatic rings. The molecule has 0 radical (unpaired) electrons. The quantitative estimate of drug-likeness (QED) is 0.640. The number of nitrogens with zero attached hydrogens (tertiary/aromatic N) is 1. The second-order valence-electron chi connectivity index (χ2n) is 4.50. The molecule has 0 saturated carbocycles. The number of hydrogen-bond donors (Lipinski definition) is 1. The molecule has 0 aliphatic carbocycles. The highest BCUT2D eigenvalue weighted by atomic mass is 19.1. The van der Waals surface area contributed by atoms with Gasteiger partial charge in [0.1, 0.15) is 11.7 Å². The number of hydrogen-bond acceptors (Lipinski definition) is 3. The summed E-state index contributed by atoms with van der Waals surface area (Å²) in [5.74, 6) is -3.57. The van der Waals surface area contributed by atoms with Crippen LogP contribution in [0.5, 0.6) is 0 Å². The van der Waals surface area contributed by atoms with Gasteiger partial charge in [0.2, 0.25) is 17.7 Å². The molecule has 0 bridgehead atoms. The Morgan fingerprint density at radius 2 is 1.79 bits per heavy atom. The molecular formula is C13H13FN2O3. The van der Waals surface area contributed by atoms with Crippen molar-refractivity contribution in [1.82, 2.24) is 4.90 Å². The van der Waals surface area contributed by atoms with Crippen molar-refractivity contribution in [3.8, 4) is 0 Å². The van der Waals surface area contributed by atoms with Crippen LogP contribution in [-0.2, 0) is 14.4 Å². The minimum Gasteiger partial charge on any atom is -0.325 e. The van der Waals surface area contributed by atoms with Gasteiger partial charge in [-0.2, -0.15) is 0 Å². The van der Waals surface area contributed by atoms with Crippen LogP contribution in [-0.4, -0.2) is 29.7 Å². The van der Waals surface area contributed by atoms with Gasteiger partial charge in [0.05, 0.1) is 5.92 Å². The van der Waals surface area contributed by atoms with Crippen LogP contribution in [0.1, 0.15) is 6.92 Å². The van der Waals surface area contributed by atoms with Crippen molar-refractivity contribution in [1.29, 1.82) is 0 Å². The summed E-state index contributed by atoms with van der Waals surface area (Å²) in [7, 11) is 1.35. The lowest BCUT2D eigenvalue weighted by atomic mass is 9.96. The first-order valence-electron chi connectivity index (χ1n) is 5.79. The van der Waals surface area contributed by atoms with Crippen LogP contribution in [0.3, 0.4) is 0 Å². The van der Waals surface area contributed by atoms with Crippen molar-refractivity contribution in [3.05, 3.63) is 30.1 Å². The second-order valence-corrected chi connectivity index (χ2v) is 4.50. The van der Waals surface area contributed by atoms with Crippen molar-refractivity contribution in [2.75, 3.05) is 12.4 Å². The Kier molecular flexibility index (Phi) is 3.33. The molecule has 5 nitrogen and oxygen atoms in total. The van der Waals surface area contributed by atoms with E-state index in [0.717, 1.165) is 4.90 Å². The van der Waals surface area contributed by atoms with Crippen molar-refractivity contribution in [2.45, 2.75) is 6.92 Å². The molecular weight excluding hydrogens is 251 g/mol. The van der Waals surface area contributed by atoms with Crippen LogP contribution < -0.4 is 5.32 Å². The number of rotatable bonds is 2. The number of carbonyl (C=O) groups is 3. The highest BCUT2D eigenvalue weighted by Crippen LogP contribution is 2.26. The molecule has 1 heterocycles. The molecule has 2 atom stereocenters. The van der Waals surface area contributed by atoms with Gasteiger partial charge in [0.15, 0.2) is 0 Å². The summed E-state index contributed by atoms with van der Waals surface area (Å²) in [6.07, 6.45) is 0. The van der Waals surface area contributed by atoms with Crippen LogP contribution in [0.2, 0.25) is 0 Å². The van der Waals surface area contributed by atoms with E-state index in [1.165, 1.54) is 31.3 Å². The summed E-state index contributed by atoms with van der Waals surface area (Å²) in [6.45, 7) is 1.54. The smallest absolute Gasteiger partial charge is 0.242 e. The number of nitrogens with one attached hydrogen (secondary N) is 1. The van der Waals surface area contributed by atoms with E-state index in [4.69, 9.17) is 0 Å². The summed E-state index contributed by atoms with van der Waals surface area (Å²) >= 11 is 0. The van der Waals surface area contributed by atoms with E-state index in [-0.39, 0.29) is 5.91 Å². The standard InChI is InChI=1S/C13H13FN2O3/c1-7-10(13(19)16(2)12(7)18)11(17)15-9-5-3-8(14)4-6-9/h3-7,10H,1-2H3,(H,15,17). The van der Waals surface area contributed by atoms with E-state index in [1.54, 1.807) is 6.92 Å². The topological polar surface area (TPSA) is 66.5 Å². The predicted molar refractivity (Wildman–Crippen MR) is 65.5 cm³/mol. The highest BCUT2D eigenvalue weighted by molar-refractivity contribution is 6.17. The Hall–Kier alpha value is -2.24. The van der Waals surface area contributed by atoms with Gasteiger partial charge in [0, 0.05) is 12.7 Å². The molecule has 2 unspecified atom stereocenters. The third kappa shape index (κ3) is 2.33. The van der Waals surface area contributed by atoms with Gasteiger partial charge < -0.3 is 5.32 Å². The first kappa shape index (κ1) is 13.2. The van der Waals surface area contributed by atoms with Crippen molar-refractivity contribution >= 4 is 23.4 Å². The van der Waals surface area contributed by atoms with E-state index in [9.17, 15) is 18.8 Å². The number of anilines is 1. The van der Waals surface area contributed by atoms with E-state index in [2.05, 4.69) is 5.32 Å². The number of halogens is 1. The van der Waals surface area contributed by atoms with Crippen LogP contribution >= 0.6 is 0 Å². The minimum atomic E-state index is -1.03. The molecule has 0 spiro atoms. The summed E-state index contributed by atoms with van der Waals surface area (Å²) in [5.41, 5.74) is 0.383. The van der Waals surface area contributed by atoms with Gasteiger partial charge in [0.25, 0.3) is 0 Å². The van der Waals surface area contributed by atoms with E-state index in [0.29, 0.717) is 5.69 Å². The Morgan fingerprint density at radius 1 is 1.21 bits per heavy atom. The highest BCUT2D eigenvalue weighted by Gasteiger charge is 2.47. The molecule has 1 saturated heterocycles. The van der Waals surface area contributed by atoms with Crippen LogP contribution in [0.4, 0.5) is 10.1 Å². The van der Waals surface area contributed by atoms with E-state index < -0.39 is 29.5 Å². The molecule has 100 valence electrons. The lowest BCUT2D eigenvalue weighted by Gasteiger charge is -2.11. The fourth-order valence-electron chi connectivity index (χ4n) is 2.07. The SMILES string of the molecule is CC1C(=O)N(C)C(=O)C1C(=O)Nc1ccc(F)cc1. The largest absolute Gasteiger partial charge is 0.325 e. The molecule has 3 amide bonds. The number of benzene rings is 1. The fourth-order valence-corrected chi connectivity index (χ4v) is 2.07. The Morgan fingerprint density at radius 3 is 2.26 bits per heavy atom. The molecule has 1 aromatic carbocycles. The average molecular weight is 264 g/mol. The zero-order chi connectivity index (χ0) is 14.2. The Labute approximate surface area is 109 Å². The maximum atomic E-state index is 12.7. The lowest BCUT2D eigenvalue weighted by molar-refractivity contribution is -0.138. The van der Waals surface area contributed by atoms with Gasteiger partial charge in [-0.3, -0.25) is 19.3 Å². The van der Waals surface area contributed by atoms with E-state index in [1.807, 2.05) is 0 Å². The number of imide groups is 1. The van der Waals surface area contributed by atoms with Crippen LogP contribution in [0.25, 0.3) is 0 Å². The van der Waals surface area contributed by atoms with E-state index >= 15 is 0 Å². The number of carbonyl (C=O) groups excluding carboxylic acids is 3. The van der Waals surface area contributed by atoms with Gasteiger partial charge in [-0.05, 0) is 24.3 Å². The molecule has 1 aliphatic heterocycles. The molecule has 0 aromatic heterocycles. The van der Waals surface area contributed by atoms with Gasteiger partial charge in [-0.15, -0.1) is 0 Å². The molecule has 2 rings (SSSR count). The number of amides is 3. The molecule has 6 heteroatoms. The zero-order valence-corrected chi connectivity index (χ0v) is 10.5. The zero-order valence-electron chi connectivity index (χ0n) is 10.5. The fraction of sp³-hybridized carbons (Fsp3) is 0.308. The normalized spacial score (nSPS) is 22.8. The molecule has 19 heavy (non-hydrogen) atoms. The average Bonchev–Trinajstić information content (AvgIpc) is 2.57. The minimum absolute atomic E-state index is 0.371. The first-order valence-corrected chi connectivity index (χ1v) is 5.79. The van der Waals surface area contributed by atoms with Crippen molar-refractivity contribution < 1.29 is 18.8 Å². The lowest BCUT2D eigenvalue weighted by Crippen LogP contribution is -2.32. The maximum absolute atomic E-state index is 12.7. The summed E-state index contributed by atoms with van der Waals surface area (Å²) in [5, 5.41) is 2.51. The van der Waals surface area contributed by atoms with Gasteiger partial charge >= 0.3 is 0 Å². The van der Waals surface area contributed by atoms with Crippen molar-refractivity contribution in [2.24, 2.45) is 11.8 Å². The predicted octanol–water partition coefficient (Wildman–Crippen LogP) is 1.02. The summed E-state index contributed by atoms with van der Waals surface area (Å²) in [6, 6.07) is 5.19. The maximum Gasteiger partial charge on any atom is 0.242 e. The molecule has 1 aliphatic rings. The van der Waals surface area contributed by atoms with Gasteiger partial charge in [-0.1, -0.05) is 6.92 Å². The Bertz CT molecular complexity index is 541. The van der Waals surface area contributed by atoms with Crippen LogP contribution in [0.15, 0.2) is 24.3 Å².